The van der Waals surface area contributed by atoms with Gasteiger partial charge in [0, 0.05) is 4.47 Å². The van der Waals surface area contributed by atoms with Gasteiger partial charge in [-0.1, -0.05) is 22.0 Å². The predicted molar refractivity (Wildman–Crippen MR) is 41.7 cm³/mol. The van der Waals surface area contributed by atoms with Crippen molar-refractivity contribution >= 4 is 15.9 Å². The van der Waals surface area contributed by atoms with E-state index in [1.807, 2.05) is 0 Å². The molecule has 1 aromatic carbocycles. The molecule has 3 heteroatoms. The highest BCUT2D eigenvalue weighted by Gasteiger charge is 1.97. The van der Waals surface area contributed by atoms with E-state index in [0.29, 0.717) is 0 Å². The minimum absolute atomic E-state index is 0.0130. The van der Waals surface area contributed by atoms with E-state index in [1.165, 1.54) is 6.07 Å². The van der Waals surface area contributed by atoms with Gasteiger partial charge in [0.05, 0.1) is 6.61 Å². The molecule has 0 spiro atoms. The van der Waals surface area contributed by atoms with Crippen molar-refractivity contribution in [2.75, 3.05) is 0 Å². The summed E-state index contributed by atoms with van der Waals surface area (Å²) in [7, 11) is 0. The number of phenolic OH excluding ortho intramolecular Hbond substituents is 1. The maximum atomic E-state index is 8.92. The van der Waals surface area contributed by atoms with E-state index in [0.717, 1.165) is 10.0 Å². The van der Waals surface area contributed by atoms with Crippen molar-refractivity contribution in [3.63, 3.8) is 0 Å². The van der Waals surface area contributed by atoms with Crippen molar-refractivity contribution < 1.29 is 10.2 Å². The molecule has 0 radical (unpaired) electrons. The number of halogens is 1. The monoisotopic (exact) mass is 202 g/mol. The molecule has 10 heavy (non-hydrogen) atoms. The van der Waals surface area contributed by atoms with Crippen LogP contribution in [0.1, 0.15) is 5.56 Å². The van der Waals surface area contributed by atoms with Crippen molar-refractivity contribution in [1.29, 1.82) is 0 Å². The van der Waals surface area contributed by atoms with Gasteiger partial charge in [0.1, 0.15) is 5.75 Å². The number of aromatic hydroxyl groups is 1. The van der Waals surface area contributed by atoms with Gasteiger partial charge in [-0.05, 0) is 17.7 Å². The summed E-state index contributed by atoms with van der Waals surface area (Å²) in [5.41, 5.74) is 0.776. The molecule has 0 saturated carbocycles. The maximum absolute atomic E-state index is 8.92. The molecule has 0 saturated heterocycles. The Morgan fingerprint density at radius 2 is 2.10 bits per heavy atom. The average molecular weight is 203 g/mol. The number of benzene rings is 1. The first-order valence-electron chi connectivity index (χ1n) is 2.82. The topological polar surface area (TPSA) is 40.5 Å². The van der Waals surface area contributed by atoms with E-state index in [9.17, 15) is 0 Å². The van der Waals surface area contributed by atoms with E-state index < -0.39 is 0 Å². The van der Waals surface area contributed by atoms with Crippen LogP contribution < -0.4 is 0 Å². The molecular formula is C7H7BrO2. The van der Waals surface area contributed by atoms with E-state index in [2.05, 4.69) is 15.9 Å². The van der Waals surface area contributed by atoms with Crippen LogP contribution in [-0.4, -0.2) is 10.2 Å². The van der Waals surface area contributed by atoms with E-state index >= 15 is 0 Å². The quantitative estimate of drug-likeness (QED) is 0.728. The Balaban J connectivity index is 3.07. The van der Waals surface area contributed by atoms with Gasteiger partial charge in [0.15, 0.2) is 0 Å². The molecule has 0 fully saturated rings. The fraction of sp³-hybridized carbons (Fsp3) is 0.143. The summed E-state index contributed by atoms with van der Waals surface area (Å²) >= 11 is 3.19. The number of hydrogen-bond acceptors (Lipinski definition) is 2. The van der Waals surface area contributed by atoms with Crippen molar-refractivity contribution in [3.05, 3.63) is 28.2 Å². The Morgan fingerprint density at radius 1 is 1.40 bits per heavy atom. The molecule has 0 aliphatic heterocycles. The van der Waals surface area contributed by atoms with Crippen LogP contribution in [0.15, 0.2) is 22.7 Å². The third kappa shape index (κ3) is 1.49. The van der Waals surface area contributed by atoms with Crippen molar-refractivity contribution in [2.45, 2.75) is 6.61 Å². The lowest BCUT2D eigenvalue weighted by atomic mass is 10.2. The van der Waals surface area contributed by atoms with Crippen LogP contribution in [0.5, 0.6) is 5.75 Å². The average Bonchev–Trinajstić information content (AvgIpc) is 1.88. The molecule has 0 unspecified atom stereocenters. The Kier molecular flexibility index (Phi) is 2.29. The second-order valence-corrected chi connectivity index (χ2v) is 2.79. The fourth-order valence-corrected chi connectivity index (χ4v) is 1.16. The molecule has 1 aromatic rings. The predicted octanol–water partition coefficient (Wildman–Crippen LogP) is 1.65. The highest BCUT2D eigenvalue weighted by molar-refractivity contribution is 9.10. The van der Waals surface area contributed by atoms with Crippen LogP contribution in [0.2, 0.25) is 0 Å². The van der Waals surface area contributed by atoms with Crippen LogP contribution >= 0.6 is 15.9 Å². The van der Waals surface area contributed by atoms with Gasteiger partial charge < -0.3 is 10.2 Å². The third-order valence-electron chi connectivity index (χ3n) is 1.21. The lowest BCUT2D eigenvalue weighted by molar-refractivity contribution is 0.281. The molecule has 0 aliphatic carbocycles. The first kappa shape index (κ1) is 7.57. The first-order valence-corrected chi connectivity index (χ1v) is 3.61. The van der Waals surface area contributed by atoms with E-state index in [-0.39, 0.29) is 12.4 Å². The lowest BCUT2D eigenvalue weighted by Gasteiger charge is -1.99. The van der Waals surface area contributed by atoms with Gasteiger partial charge in [-0.25, -0.2) is 0 Å². The second kappa shape index (κ2) is 3.03. The van der Waals surface area contributed by atoms with Crippen LogP contribution in [0.4, 0.5) is 0 Å². The highest BCUT2D eigenvalue weighted by Crippen LogP contribution is 2.21. The SMILES string of the molecule is OCc1ccc(O)cc1Br. The smallest absolute Gasteiger partial charge is 0.116 e. The van der Waals surface area contributed by atoms with Gasteiger partial charge in [-0.3, -0.25) is 0 Å². The van der Waals surface area contributed by atoms with E-state index in [1.54, 1.807) is 12.1 Å². The number of aliphatic hydroxyl groups excluding tert-OH is 1. The van der Waals surface area contributed by atoms with Crippen LogP contribution in [0.25, 0.3) is 0 Å². The zero-order valence-electron chi connectivity index (χ0n) is 5.21. The lowest BCUT2D eigenvalue weighted by Crippen LogP contribution is -1.82. The van der Waals surface area contributed by atoms with Crippen molar-refractivity contribution in [3.8, 4) is 5.75 Å². The highest BCUT2D eigenvalue weighted by atomic mass is 79.9. The molecule has 2 nitrogen and oxygen atoms in total. The van der Waals surface area contributed by atoms with Crippen LogP contribution in [-0.2, 0) is 6.61 Å². The Bertz CT molecular complexity index is 235. The number of phenols is 1. The Labute approximate surface area is 67.3 Å². The molecule has 54 valence electrons. The number of aliphatic hydroxyl groups is 1. The van der Waals surface area contributed by atoms with E-state index in [4.69, 9.17) is 10.2 Å². The molecule has 0 aromatic heterocycles. The normalized spacial score (nSPS) is 9.80. The summed E-state index contributed by atoms with van der Waals surface area (Å²) < 4.78 is 0.731. The molecule has 0 aliphatic rings. The summed E-state index contributed by atoms with van der Waals surface area (Å²) in [6, 6.07) is 4.75. The second-order valence-electron chi connectivity index (χ2n) is 1.93. The minimum Gasteiger partial charge on any atom is -0.508 e. The van der Waals surface area contributed by atoms with Gasteiger partial charge >= 0.3 is 0 Å². The summed E-state index contributed by atoms with van der Waals surface area (Å²) in [4.78, 5) is 0. The molecule has 0 atom stereocenters. The summed E-state index contributed by atoms with van der Waals surface area (Å²) in [6.07, 6.45) is 0. The Morgan fingerprint density at radius 3 is 2.60 bits per heavy atom. The minimum atomic E-state index is -0.0130. The largest absolute Gasteiger partial charge is 0.508 e. The van der Waals surface area contributed by atoms with Gasteiger partial charge in [0.25, 0.3) is 0 Å². The molecule has 1 rings (SSSR count). The molecule has 0 amide bonds. The fourth-order valence-electron chi connectivity index (χ4n) is 0.664. The van der Waals surface area contributed by atoms with Crippen molar-refractivity contribution in [2.24, 2.45) is 0 Å². The molecule has 2 N–H and O–H groups in total. The standard InChI is InChI=1S/C7H7BrO2/c8-7-3-6(10)2-1-5(7)4-9/h1-3,9-10H,4H2. The third-order valence-corrected chi connectivity index (χ3v) is 1.95. The van der Waals surface area contributed by atoms with Gasteiger partial charge in [-0.2, -0.15) is 0 Å². The molecular weight excluding hydrogens is 196 g/mol. The Hall–Kier alpha value is -0.540. The molecule has 0 bridgehead atoms. The van der Waals surface area contributed by atoms with Crippen LogP contribution in [0.3, 0.4) is 0 Å². The van der Waals surface area contributed by atoms with Crippen LogP contribution in [0, 0.1) is 0 Å². The first-order chi connectivity index (χ1) is 4.74. The summed E-state index contributed by atoms with van der Waals surface area (Å²) in [5.74, 6) is 0.198. The maximum Gasteiger partial charge on any atom is 0.116 e. The zero-order chi connectivity index (χ0) is 7.56. The van der Waals surface area contributed by atoms with Gasteiger partial charge in [0.2, 0.25) is 0 Å². The van der Waals surface area contributed by atoms with Gasteiger partial charge in [-0.15, -0.1) is 0 Å². The molecule has 0 heterocycles. The summed E-state index contributed by atoms with van der Waals surface area (Å²) in [5, 5.41) is 17.6. The number of hydrogen-bond donors (Lipinski definition) is 2. The summed E-state index contributed by atoms with van der Waals surface area (Å²) in [6.45, 7) is -0.0130. The number of rotatable bonds is 1. The zero-order valence-corrected chi connectivity index (χ0v) is 6.80. The van der Waals surface area contributed by atoms with Crippen molar-refractivity contribution in [1.82, 2.24) is 0 Å².